The van der Waals surface area contributed by atoms with Gasteiger partial charge in [0.25, 0.3) is 5.91 Å². The number of benzene rings is 1. The average Bonchev–Trinajstić information content (AvgIpc) is 3.42. The molecule has 3 aromatic rings. The zero-order valence-electron chi connectivity index (χ0n) is 16.3. The lowest BCUT2D eigenvalue weighted by molar-refractivity contribution is 0.0612. The van der Waals surface area contributed by atoms with Gasteiger partial charge in [-0.3, -0.25) is 9.48 Å². The minimum atomic E-state index is 0.188. The number of thiophene rings is 1. The third-order valence-corrected chi connectivity index (χ3v) is 7.57. The standard InChI is InChI=1S/C22H26N4OS/c1-16-18-13-19(20(27)25-11-8-22(9-12-25)7-10-23-15-22)28-21(18)26(24-16)14-17-5-3-2-4-6-17/h2-6,13,23H,7-12,14-15H2,1H3. The number of hydrogen-bond acceptors (Lipinski definition) is 4. The lowest BCUT2D eigenvalue weighted by atomic mass is 9.78. The van der Waals surface area contributed by atoms with E-state index in [9.17, 15) is 4.79 Å². The second-order valence-corrected chi connectivity index (χ2v) is 9.31. The molecule has 1 N–H and O–H groups in total. The molecule has 1 amide bonds. The maximum absolute atomic E-state index is 13.1. The second-order valence-electron chi connectivity index (χ2n) is 8.28. The fraction of sp³-hybridized carbons (Fsp3) is 0.455. The van der Waals surface area contributed by atoms with E-state index in [4.69, 9.17) is 5.10 Å². The van der Waals surface area contributed by atoms with Crippen LogP contribution in [0.25, 0.3) is 10.2 Å². The minimum absolute atomic E-state index is 0.188. The summed E-state index contributed by atoms with van der Waals surface area (Å²) in [7, 11) is 0. The van der Waals surface area contributed by atoms with Crippen LogP contribution in [0.4, 0.5) is 0 Å². The van der Waals surface area contributed by atoms with E-state index in [2.05, 4.69) is 34.5 Å². The quantitative estimate of drug-likeness (QED) is 0.737. The number of fused-ring (bicyclic) bond motifs is 1. The van der Waals surface area contributed by atoms with Gasteiger partial charge in [0.1, 0.15) is 4.83 Å². The monoisotopic (exact) mass is 394 g/mol. The molecule has 1 spiro atoms. The number of rotatable bonds is 3. The molecule has 2 aliphatic rings. The predicted molar refractivity (Wildman–Crippen MR) is 113 cm³/mol. The summed E-state index contributed by atoms with van der Waals surface area (Å²) in [6, 6.07) is 12.4. The molecule has 0 aliphatic carbocycles. The summed E-state index contributed by atoms with van der Waals surface area (Å²) in [5.41, 5.74) is 2.65. The molecule has 0 bridgehead atoms. The van der Waals surface area contributed by atoms with Crippen molar-refractivity contribution >= 4 is 27.5 Å². The Balaban J connectivity index is 1.36. The number of aromatic nitrogens is 2. The Morgan fingerprint density at radius 3 is 2.71 bits per heavy atom. The van der Waals surface area contributed by atoms with E-state index >= 15 is 0 Å². The van der Waals surface area contributed by atoms with Crippen LogP contribution in [0.1, 0.15) is 40.2 Å². The van der Waals surface area contributed by atoms with Crippen LogP contribution < -0.4 is 5.32 Å². The topological polar surface area (TPSA) is 50.2 Å². The summed E-state index contributed by atoms with van der Waals surface area (Å²) in [4.78, 5) is 17.1. The number of hydrogen-bond donors (Lipinski definition) is 1. The highest BCUT2D eigenvalue weighted by Gasteiger charge is 2.38. The summed E-state index contributed by atoms with van der Waals surface area (Å²) >= 11 is 1.59. The van der Waals surface area contributed by atoms with Crippen molar-refractivity contribution in [2.45, 2.75) is 32.7 Å². The lowest BCUT2D eigenvalue weighted by Crippen LogP contribution is -2.43. The third kappa shape index (κ3) is 3.14. The molecule has 6 heteroatoms. The molecule has 2 saturated heterocycles. The van der Waals surface area contributed by atoms with Gasteiger partial charge in [0.2, 0.25) is 0 Å². The molecule has 0 unspecified atom stereocenters. The van der Waals surface area contributed by atoms with Gasteiger partial charge < -0.3 is 10.2 Å². The van der Waals surface area contributed by atoms with Gasteiger partial charge in [0.15, 0.2) is 0 Å². The highest BCUT2D eigenvalue weighted by molar-refractivity contribution is 7.20. The average molecular weight is 395 g/mol. The summed E-state index contributed by atoms with van der Waals surface area (Å²) in [6.07, 6.45) is 3.50. The van der Waals surface area contributed by atoms with Crippen LogP contribution in [0.15, 0.2) is 36.4 Å². The summed E-state index contributed by atoms with van der Waals surface area (Å²) < 4.78 is 2.04. The third-order valence-electron chi connectivity index (χ3n) is 6.44. The van der Waals surface area contributed by atoms with Crippen LogP contribution in [0.3, 0.4) is 0 Å². The number of piperidine rings is 1. The van der Waals surface area contributed by atoms with Gasteiger partial charge in [0, 0.05) is 25.0 Å². The molecule has 5 rings (SSSR count). The summed E-state index contributed by atoms with van der Waals surface area (Å²) in [5, 5.41) is 9.30. The van der Waals surface area contributed by atoms with Crippen molar-refractivity contribution in [2.24, 2.45) is 5.41 Å². The number of aryl methyl sites for hydroxylation is 1. The number of carbonyl (C=O) groups is 1. The summed E-state index contributed by atoms with van der Waals surface area (Å²) in [5.74, 6) is 0.188. The largest absolute Gasteiger partial charge is 0.338 e. The molecule has 0 radical (unpaired) electrons. The van der Waals surface area contributed by atoms with Crippen LogP contribution in [0.2, 0.25) is 0 Å². The lowest BCUT2D eigenvalue weighted by Gasteiger charge is -2.38. The normalized spacial score (nSPS) is 19.0. The highest BCUT2D eigenvalue weighted by atomic mass is 32.1. The molecule has 2 fully saturated rings. The van der Waals surface area contributed by atoms with E-state index in [0.29, 0.717) is 5.41 Å². The molecule has 0 atom stereocenters. The minimum Gasteiger partial charge on any atom is -0.338 e. The van der Waals surface area contributed by atoms with E-state index in [0.717, 1.165) is 66.4 Å². The highest BCUT2D eigenvalue weighted by Crippen LogP contribution is 2.38. The molecule has 0 saturated carbocycles. The van der Waals surface area contributed by atoms with Gasteiger partial charge >= 0.3 is 0 Å². The first-order valence-corrected chi connectivity index (χ1v) is 11.0. The van der Waals surface area contributed by atoms with Crippen molar-refractivity contribution in [3.05, 3.63) is 52.5 Å². The second kappa shape index (κ2) is 7.01. The van der Waals surface area contributed by atoms with Crippen LogP contribution in [-0.4, -0.2) is 46.8 Å². The van der Waals surface area contributed by atoms with Gasteiger partial charge in [-0.05, 0) is 49.8 Å². The molecule has 4 heterocycles. The van der Waals surface area contributed by atoms with Gasteiger partial charge in [-0.25, -0.2) is 0 Å². The fourth-order valence-corrected chi connectivity index (χ4v) is 5.77. The van der Waals surface area contributed by atoms with Gasteiger partial charge in [-0.2, -0.15) is 5.10 Å². The molecule has 1 aromatic carbocycles. The molecular weight excluding hydrogens is 368 g/mol. The molecule has 2 aliphatic heterocycles. The maximum Gasteiger partial charge on any atom is 0.264 e. The summed E-state index contributed by atoms with van der Waals surface area (Å²) in [6.45, 7) is 6.77. The Bertz CT molecular complexity index is 990. The van der Waals surface area contributed by atoms with Crippen molar-refractivity contribution in [1.29, 1.82) is 0 Å². The molecule has 146 valence electrons. The van der Waals surface area contributed by atoms with Crippen LogP contribution >= 0.6 is 11.3 Å². The van der Waals surface area contributed by atoms with E-state index in [1.807, 2.05) is 23.7 Å². The number of nitrogens with one attached hydrogen (secondary N) is 1. The first-order valence-electron chi connectivity index (χ1n) is 10.1. The van der Waals surface area contributed by atoms with E-state index < -0.39 is 0 Å². The zero-order valence-corrected chi connectivity index (χ0v) is 17.1. The smallest absolute Gasteiger partial charge is 0.264 e. The van der Waals surface area contributed by atoms with Gasteiger partial charge in [-0.15, -0.1) is 11.3 Å². The van der Waals surface area contributed by atoms with Crippen molar-refractivity contribution in [3.63, 3.8) is 0 Å². The Labute approximate surface area is 169 Å². The SMILES string of the molecule is Cc1nn(Cc2ccccc2)c2sc(C(=O)N3CCC4(CCNC4)CC3)cc12. The van der Waals surface area contributed by atoms with E-state index in [1.165, 1.54) is 12.0 Å². The van der Waals surface area contributed by atoms with E-state index in [1.54, 1.807) is 11.3 Å². The van der Waals surface area contributed by atoms with Crippen LogP contribution in [0.5, 0.6) is 0 Å². The van der Waals surface area contributed by atoms with Crippen molar-refractivity contribution in [2.75, 3.05) is 26.2 Å². The Morgan fingerprint density at radius 1 is 1.21 bits per heavy atom. The first-order chi connectivity index (χ1) is 13.6. The number of likely N-dealkylation sites (tertiary alicyclic amines) is 1. The Hall–Kier alpha value is -2.18. The van der Waals surface area contributed by atoms with E-state index in [-0.39, 0.29) is 5.91 Å². The van der Waals surface area contributed by atoms with Crippen LogP contribution in [0, 0.1) is 12.3 Å². The van der Waals surface area contributed by atoms with Crippen molar-refractivity contribution < 1.29 is 4.79 Å². The number of nitrogens with zero attached hydrogens (tertiary/aromatic N) is 3. The fourth-order valence-electron chi connectivity index (χ4n) is 4.64. The Kier molecular flexibility index (Phi) is 4.48. The Morgan fingerprint density at radius 2 is 2.00 bits per heavy atom. The predicted octanol–water partition coefficient (Wildman–Crippen LogP) is 3.67. The molecule has 2 aromatic heterocycles. The van der Waals surface area contributed by atoms with Gasteiger partial charge in [-0.1, -0.05) is 30.3 Å². The molecule has 28 heavy (non-hydrogen) atoms. The van der Waals surface area contributed by atoms with Crippen molar-refractivity contribution in [1.82, 2.24) is 20.0 Å². The number of carbonyl (C=O) groups excluding carboxylic acids is 1. The van der Waals surface area contributed by atoms with Crippen LogP contribution in [-0.2, 0) is 6.54 Å². The van der Waals surface area contributed by atoms with Gasteiger partial charge in [0.05, 0.1) is 17.1 Å². The van der Waals surface area contributed by atoms with Crippen molar-refractivity contribution in [3.8, 4) is 0 Å². The first kappa shape index (κ1) is 17.9. The zero-order chi connectivity index (χ0) is 19.1. The maximum atomic E-state index is 13.1. The molecular formula is C22H26N4OS. The molecule has 5 nitrogen and oxygen atoms in total. The number of amides is 1.